The van der Waals surface area contributed by atoms with Gasteiger partial charge in [-0.05, 0) is 17.7 Å². The predicted molar refractivity (Wildman–Crippen MR) is 82.1 cm³/mol. The molecule has 1 unspecified atom stereocenters. The van der Waals surface area contributed by atoms with Crippen molar-refractivity contribution in [2.24, 2.45) is 5.73 Å². The lowest BCUT2D eigenvalue weighted by Gasteiger charge is -2.16. The van der Waals surface area contributed by atoms with Gasteiger partial charge in [0.15, 0.2) is 5.78 Å². The minimum Gasteiger partial charge on any atom is -0.497 e. The van der Waals surface area contributed by atoms with E-state index in [0.29, 0.717) is 17.1 Å². The van der Waals surface area contributed by atoms with Crippen LogP contribution in [0.2, 0.25) is 0 Å². The number of carbonyl (C=O) groups is 1. The number of hydrogen-bond donors (Lipinski definition) is 1. The monoisotopic (exact) mass is 285 g/mol. The number of carbonyl (C=O) groups excluding carboxylic acids is 1. The van der Waals surface area contributed by atoms with E-state index < -0.39 is 0 Å². The van der Waals surface area contributed by atoms with Gasteiger partial charge in [-0.25, -0.2) is 0 Å². The number of ketones is 1. The quantitative estimate of drug-likeness (QED) is 0.829. The minimum absolute atomic E-state index is 0.0526. The van der Waals surface area contributed by atoms with Gasteiger partial charge in [-0.3, -0.25) is 4.79 Å². The third-order valence-corrected chi connectivity index (χ3v) is 3.43. The number of hydrogen-bond acceptors (Lipinski definition) is 4. The van der Waals surface area contributed by atoms with Crippen molar-refractivity contribution in [1.82, 2.24) is 0 Å². The van der Waals surface area contributed by atoms with E-state index in [-0.39, 0.29) is 18.2 Å². The summed E-state index contributed by atoms with van der Waals surface area (Å²) in [5.41, 5.74) is 7.22. The van der Waals surface area contributed by atoms with Gasteiger partial charge in [-0.15, -0.1) is 0 Å². The van der Waals surface area contributed by atoms with Crippen molar-refractivity contribution in [2.45, 2.75) is 5.92 Å². The van der Waals surface area contributed by atoms with Gasteiger partial charge in [0, 0.05) is 12.6 Å². The largest absolute Gasteiger partial charge is 0.497 e. The molecule has 0 radical (unpaired) electrons. The number of methoxy groups -OCH3 is 2. The van der Waals surface area contributed by atoms with Gasteiger partial charge in [0.25, 0.3) is 0 Å². The first kappa shape index (κ1) is 15.1. The predicted octanol–water partition coefficient (Wildman–Crippen LogP) is 2.63. The second kappa shape index (κ2) is 6.90. The zero-order valence-electron chi connectivity index (χ0n) is 12.2. The summed E-state index contributed by atoms with van der Waals surface area (Å²) in [7, 11) is 3.11. The van der Waals surface area contributed by atoms with Crippen LogP contribution >= 0.6 is 0 Å². The molecule has 4 nitrogen and oxygen atoms in total. The molecule has 0 aliphatic heterocycles. The fraction of sp³-hybridized carbons (Fsp3) is 0.235. The Balaban J connectivity index is 2.38. The summed E-state index contributed by atoms with van der Waals surface area (Å²) in [5, 5.41) is 0. The van der Waals surface area contributed by atoms with Gasteiger partial charge < -0.3 is 15.2 Å². The fourth-order valence-corrected chi connectivity index (χ4v) is 2.27. The van der Waals surface area contributed by atoms with Crippen LogP contribution in [0.5, 0.6) is 11.5 Å². The number of benzene rings is 2. The van der Waals surface area contributed by atoms with Crippen molar-refractivity contribution in [1.29, 1.82) is 0 Å². The maximum absolute atomic E-state index is 12.8. The molecule has 0 saturated heterocycles. The molecule has 0 heterocycles. The maximum atomic E-state index is 12.8. The van der Waals surface area contributed by atoms with E-state index in [2.05, 4.69) is 0 Å². The molecule has 110 valence electrons. The summed E-state index contributed by atoms with van der Waals surface area (Å²) in [6, 6.07) is 14.7. The van der Waals surface area contributed by atoms with Crippen molar-refractivity contribution in [3.05, 3.63) is 59.7 Å². The molecule has 0 amide bonds. The molecule has 21 heavy (non-hydrogen) atoms. The number of ether oxygens (including phenoxy) is 2. The van der Waals surface area contributed by atoms with Gasteiger partial charge in [0.1, 0.15) is 11.5 Å². The Morgan fingerprint density at radius 1 is 1.10 bits per heavy atom. The summed E-state index contributed by atoms with van der Waals surface area (Å²) >= 11 is 0. The van der Waals surface area contributed by atoms with Crippen molar-refractivity contribution in [2.75, 3.05) is 20.8 Å². The number of rotatable bonds is 6. The second-order valence-corrected chi connectivity index (χ2v) is 4.63. The SMILES string of the molecule is COc1ccc(C(=O)C(CN)c2ccccc2)c(OC)c1. The van der Waals surface area contributed by atoms with E-state index in [1.165, 1.54) is 7.11 Å². The van der Waals surface area contributed by atoms with Crippen molar-refractivity contribution in [3.8, 4) is 11.5 Å². The molecule has 2 aromatic carbocycles. The highest BCUT2D eigenvalue weighted by atomic mass is 16.5. The van der Waals surface area contributed by atoms with Crippen LogP contribution < -0.4 is 15.2 Å². The van der Waals surface area contributed by atoms with Crippen LogP contribution in [0.4, 0.5) is 0 Å². The Labute approximate surface area is 124 Å². The van der Waals surface area contributed by atoms with E-state index >= 15 is 0 Å². The lowest BCUT2D eigenvalue weighted by molar-refractivity contribution is 0.0959. The summed E-state index contributed by atoms with van der Waals surface area (Å²) in [5.74, 6) is 0.706. The molecule has 2 aromatic rings. The summed E-state index contributed by atoms with van der Waals surface area (Å²) in [4.78, 5) is 12.8. The van der Waals surface area contributed by atoms with Crippen LogP contribution in [0, 0.1) is 0 Å². The minimum atomic E-state index is -0.381. The average molecular weight is 285 g/mol. The standard InChI is InChI=1S/C17H19NO3/c1-20-13-8-9-14(16(10-13)21-2)17(19)15(11-18)12-6-4-3-5-7-12/h3-10,15H,11,18H2,1-2H3. The molecule has 4 heteroatoms. The van der Waals surface area contributed by atoms with Crippen LogP contribution in [-0.4, -0.2) is 26.5 Å². The van der Waals surface area contributed by atoms with Crippen LogP contribution in [0.1, 0.15) is 21.8 Å². The number of nitrogens with two attached hydrogens (primary N) is 1. The summed E-state index contributed by atoms with van der Waals surface area (Å²) < 4.78 is 10.4. The lowest BCUT2D eigenvalue weighted by Crippen LogP contribution is -2.22. The highest BCUT2D eigenvalue weighted by Crippen LogP contribution is 2.29. The molecule has 0 saturated carbocycles. The molecule has 0 aromatic heterocycles. The van der Waals surface area contributed by atoms with Crippen molar-refractivity contribution in [3.63, 3.8) is 0 Å². The lowest BCUT2D eigenvalue weighted by atomic mass is 9.90. The second-order valence-electron chi connectivity index (χ2n) is 4.63. The normalized spacial score (nSPS) is 11.8. The maximum Gasteiger partial charge on any atom is 0.175 e. The first-order valence-electron chi connectivity index (χ1n) is 6.72. The van der Waals surface area contributed by atoms with E-state index in [0.717, 1.165) is 5.56 Å². The van der Waals surface area contributed by atoms with E-state index in [9.17, 15) is 4.79 Å². The van der Waals surface area contributed by atoms with Gasteiger partial charge in [-0.1, -0.05) is 30.3 Å². The third-order valence-electron chi connectivity index (χ3n) is 3.43. The first-order valence-corrected chi connectivity index (χ1v) is 6.72. The van der Waals surface area contributed by atoms with Crippen molar-refractivity contribution >= 4 is 5.78 Å². The molecule has 0 spiro atoms. The van der Waals surface area contributed by atoms with Crippen molar-refractivity contribution < 1.29 is 14.3 Å². The van der Waals surface area contributed by atoms with E-state index in [1.54, 1.807) is 25.3 Å². The highest BCUT2D eigenvalue weighted by Gasteiger charge is 2.23. The van der Waals surface area contributed by atoms with Crippen LogP contribution in [0.3, 0.4) is 0 Å². The Kier molecular flexibility index (Phi) is 4.95. The zero-order valence-corrected chi connectivity index (χ0v) is 12.2. The highest BCUT2D eigenvalue weighted by molar-refractivity contribution is 6.03. The molecule has 0 aliphatic carbocycles. The van der Waals surface area contributed by atoms with Crippen LogP contribution in [0.15, 0.2) is 48.5 Å². The van der Waals surface area contributed by atoms with Crippen LogP contribution in [0.25, 0.3) is 0 Å². The molecule has 0 bridgehead atoms. The van der Waals surface area contributed by atoms with Crippen LogP contribution in [-0.2, 0) is 0 Å². The molecule has 2 N–H and O–H groups in total. The molecule has 0 fully saturated rings. The van der Waals surface area contributed by atoms with Gasteiger partial charge in [0.05, 0.1) is 25.7 Å². The topological polar surface area (TPSA) is 61.5 Å². The Morgan fingerprint density at radius 3 is 2.38 bits per heavy atom. The fourth-order valence-electron chi connectivity index (χ4n) is 2.27. The number of Topliss-reactive ketones (excluding diaryl/α,β-unsaturated/α-hetero) is 1. The smallest absolute Gasteiger partial charge is 0.175 e. The van der Waals surface area contributed by atoms with Gasteiger partial charge in [0.2, 0.25) is 0 Å². The Bertz CT molecular complexity index is 611. The molecule has 0 aliphatic rings. The Morgan fingerprint density at radius 2 is 1.81 bits per heavy atom. The van der Waals surface area contributed by atoms with Gasteiger partial charge in [-0.2, -0.15) is 0 Å². The first-order chi connectivity index (χ1) is 10.2. The van der Waals surface area contributed by atoms with E-state index in [1.807, 2.05) is 30.3 Å². The Hall–Kier alpha value is -2.33. The van der Waals surface area contributed by atoms with Gasteiger partial charge >= 0.3 is 0 Å². The molecule has 1 atom stereocenters. The molecule has 2 rings (SSSR count). The van der Waals surface area contributed by atoms with E-state index in [4.69, 9.17) is 15.2 Å². The summed E-state index contributed by atoms with van der Waals surface area (Å²) in [6.45, 7) is 0.248. The molecular weight excluding hydrogens is 266 g/mol. The zero-order chi connectivity index (χ0) is 15.2. The molecular formula is C17H19NO3. The third kappa shape index (κ3) is 3.23. The summed E-state index contributed by atoms with van der Waals surface area (Å²) in [6.07, 6.45) is 0. The average Bonchev–Trinajstić information content (AvgIpc) is 2.55.